The van der Waals surface area contributed by atoms with Gasteiger partial charge in [-0.25, -0.2) is 0 Å². The minimum atomic E-state index is -1.74. The maximum atomic E-state index is 11.0. The third-order valence-corrected chi connectivity index (χ3v) is 6.34. The zero-order chi connectivity index (χ0) is 22.8. The molecule has 2 aliphatic rings. The molecule has 8 nitrogen and oxygen atoms in total. The quantitative estimate of drug-likeness (QED) is 0.602. The van der Waals surface area contributed by atoms with Crippen LogP contribution in [-0.2, 0) is 4.79 Å². The number of primary amides is 1. The summed E-state index contributed by atoms with van der Waals surface area (Å²) in [7, 11) is 0. The monoisotopic (exact) mass is 417 g/mol. The lowest BCUT2D eigenvalue weighted by molar-refractivity contribution is -0.920. The van der Waals surface area contributed by atoms with Crippen LogP contribution in [0.1, 0.15) is 25.3 Å². The number of benzene rings is 1. The van der Waals surface area contributed by atoms with Gasteiger partial charge in [0.05, 0.1) is 43.1 Å². The molecule has 1 aliphatic carbocycles. The standard InChI is InChI=1S/C23H24N6O2/c1-14(2)29-8-7-17-18(9-24)22(28)23(12-25,13-26)21(19(17)10-29)15-3-5-16(6-4-15)31-11-20(27)30/h3-7,14,18-19,21,28H,8,10-11H2,1-2H3,(H2,27,30)/p+1/t18?,19-,21-/m0/s1. The van der Waals surface area contributed by atoms with E-state index in [1.165, 1.54) is 4.90 Å². The number of nitrogens with one attached hydrogen (secondary N) is 2. The lowest BCUT2D eigenvalue weighted by atomic mass is 9.54. The lowest BCUT2D eigenvalue weighted by Gasteiger charge is -2.47. The molecule has 1 fully saturated rings. The summed E-state index contributed by atoms with van der Waals surface area (Å²) in [5, 5.41) is 38.6. The molecule has 1 saturated carbocycles. The highest BCUT2D eigenvalue weighted by Crippen LogP contribution is 2.52. The Bertz CT molecular complexity index is 1020. The first-order valence-corrected chi connectivity index (χ1v) is 10.2. The average molecular weight is 417 g/mol. The fraction of sp³-hybridized carbons (Fsp3) is 0.435. The number of amides is 1. The molecule has 1 aromatic rings. The molecule has 8 heteroatoms. The highest BCUT2D eigenvalue weighted by atomic mass is 16.5. The van der Waals surface area contributed by atoms with Gasteiger partial charge in [0.2, 0.25) is 0 Å². The summed E-state index contributed by atoms with van der Waals surface area (Å²) in [5.41, 5.74) is 4.77. The van der Waals surface area contributed by atoms with Crippen LogP contribution < -0.4 is 15.4 Å². The van der Waals surface area contributed by atoms with Gasteiger partial charge in [0.1, 0.15) is 11.7 Å². The first-order chi connectivity index (χ1) is 14.8. The Morgan fingerprint density at radius 2 is 1.94 bits per heavy atom. The van der Waals surface area contributed by atoms with Crippen LogP contribution in [0.2, 0.25) is 0 Å². The number of nitrogens with zero attached hydrogens (tertiary/aromatic N) is 3. The van der Waals surface area contributed by atoms with Crippen molar-refractivity contribution >= 4 is 11.6 Å². The summed E-state index contributed by atoms with van der Waals surface area (Å²) in [6.07, 6.45) is 2.02. The molecule has 4 atom stereocenters. The number of fused-ring (bicyclic) bond motifs is 1. The van der Waals surface area contributed by atoms with Gasteiger partial charge in [-0.3, -0.25) is 4.79 Å². The van der Waals surface area contributed by atoms with Crippen molar-refractivity contribution < 1.29 is 14.4 Å². The fourth-order valence-corrected chi connectivity index (χ4v) is 4.69. The molecular weight excluding hydrogens is 392 g/mol. The number of carbonyl (C=O) groups is 1. The minimum Gasteiger partial charge on any atom is -0.484 e. The van der Waals surface area contributed by atoms with Crippen LogP contribution in [-0.4, -0.2) is 37.4 Å². The van der Waals surface area contributed by atoms with Crippen molar-refractivity contribution in [3.8, 4) is 24.0 Å². The van der Waals surface area contributed by atoms with Crippen molar-refractivity contribution in [2.45, 2.75) is 25.8 Å². The molecule has 31 heavy (non-hydrogen) atoms. The highest BCUT2D eigenvalue weighted by molar-refractivity contribution is 6.00. The van der Waals surface area contributed by atoms with Gasteiger partial charge < -0.3 is 20.8 Å². The van der Waals surface area contributed by atoms with E-state index < -0.39 is 23.2 Å². The zero-order valence-electron chi connectivity index (χ0n) is 17.6. The van der Waals surface area contributed by atoms with E-state index in [1.807, 2.05) is 6.08 Å². The summed E-state index contributed by atoms with van der Waals surface area (Å²) in [4.78, 5) is 12.3. The lowest BCUT2D eigenvalue weighted by Crippen LogP contribution is -3.16. The van der Waals surface area contributed by atoms with Crippen LogP contribution >= 0.6 is 0 Å². The van der Waals surface area contributed by atoms with Gasteiger partial charge in [-0.2, -0.15) is 15.8 Å². The topological polar surface area (TPSA) is 152 Å². The van der Waals surface area contributed by atoms with Crippen LogP contribution in [0.25, 0.3) is 0 Å². The largest absolute Gasteiger partial charge is 0.484 e. The predicted octanol–water partition coefficient (Wildman–Crippen LogP) is 0.691. The van der Waals surface area contributed by atoms with Crippen molar-refractivity contribution in [1.82, 2.24) is 0 Å². The van der Waals surface area contributed by atoms with E-state index in [0.29, 0.717) is 18.3 Å². The number of rotatable bonds is 5. The SMILES string of the molecule is CC(C)[NH+]1CC=C2C(C#N)C(=N)C(C#N)(C#N)[C@@H](c3ccc(OCC(N)=O)cc3)[C@H]2C1. The molecule has 0 spiro atoms. The van der Waals surface area contributed by atoms with E-state index in [0.717, 1.165) is 17.7 Å². The maximum absolute atomic E-state index is 11.0. The number of carbonyl (C=O) groups excluding carboxylic acids is 1. The smallest absolute Gasteiger partial charge is 0.255 e. The molecule has 3 rings (SSSR count). The van der Waals surface area contributed by atoms with Crippen molar-refractivity contribution in [2.24, 2.45) is 23.0 Å². The number of nitrogens with two attached hydrogens (primary N) is 1. The molecular formula is C23H25N6O2+. The first kappa shape index (κ1) is 22.0. The summed E-state index contributed by atoms with van der Waals surface area (Å²) < 4.78 is 5.32. The van der Waals surface area contributed by atoms with E-state index in [1.54, 1.807) is 24.3 Å². The Morgan fingerprint density at radius 3 is 2.45 bits per heavy atom. The van der Waals surface area contributed by atoms with Crippen LogP contribution in [0.15, 0.2) is 35.9 Å². The van der Waals surface area contributed by atoms with E-state index >= 15 is 0 Å². The second-order valence-corrected chi connectivity index (χ2v) is 8.34. The number of hydrogen-bond donors (Lipinski definition) is 3. The third kappa shape index (κ3) is 3.77. The predicted molar refractivity (Wildman–Crippen MR) is 112 cm³/mol. The van der Waals surface area contributed by atoms with E-state index in [9.17, 15) is 20.6 Å². The summed E-state index contributed by atoms with van der Waals surface area (Å²) in [6, 6.07) is 13.5. The molecule has 1 heterocycles. The van der Waals surface area contributed by atoms with Crippen molar-refractivity contribution in [2.75, 3.05) is 19.7 Å². The Hall–Kier alpha value is -3.67. The molecule has 0 saturated heterocycles. The van der Waals surface area contributed by atoms with E-state index in [2.05, 4.69) is 32.1 Å². The van der Waals surface area contributed by atoms with Gasteiger partial charge in [-0.15, -0.1) is 0 Å². The van der Waals surface area contributed by atoms with Gasteiger partial charge in [-0.05, 0) is 43.2 Å². The number of nitriles is 3. The summed E-state index contributed by atoms with van der Waals surface area (Å²) >= 11 is 0. The molecule has 0 radical (unpaired) electrons. The van der Waals surface area contributed by atoms with Crippen LogP contribution in [0.5, 0.6) is 5.75 Å². The average Bonchev–Trinajstić information content (AvgIpc) is 2.77. The Labute approximate surface area is 181 Å². The molecule has 1 aliphatic heterocycles. The van der Waals surface area contributed by atoms with E-state index in [4.69, 9.17) is 15.9 Å². The molecule has 1 aromatic carbocycles. The first-order valence-electron chi connectivity index (χ1n) is 10.2. The molecule has 2 unspecified atom stereocenters. The van der Waals surface area contributed by atoms with Gasteiger partial charge in [0.15, 0.2) is 12.0 Å². The van der Waals surface area contributed by atoms with E-state index in [-0.39, 0.29) is 18.2 Å². The summed E-state index contributed by atoms with van der Waals surface area (Å²) in [6.45, 7) is 5.39. The summed E-state index contributed by atoms with van der Waals surface area (Å²) in [5.74, 6) is -1.83. The van der Waals surface area contributed by atoms with Crippen LogP contribution in [0, 0.1) is 56.7 Å². The Balaban J connectivity index is 2.11. The number of ether oxygens (including phenoxy) is 1. The number of quaternary nitrogens is 1. The molecule has 4 N–H and O–H groups in total. The minimum absolute atomic E-state index is 0.158. The van der Waals surface area contributed by atoms with Crippen molar-refractivity contribution in [3.63, 3.8) is 0 Å². The molecule has 1 amide bonds. The second-order valence-electron chi connectivity index (χ2n) is 8.34. The van der Waals surface area contributed by atoms with Crippen LogP contribution in [0.3, 0.4) is 0 Å². The third-order valence-electron chi connectivity index (χ3n) is 6.34. The molecule has 0 aromatic heterocycles. The Kier molecular flexibility index (Phi) is 6.11. The van der Waals surface area contributed by atoms with Crippen molar-refractivity contribution in [1.29, 1.82) is 21.2 Å². The van der Waals surface area contributed by atoms with Gasteiger partial charge in [0.25, 0.3) is 5.91 Å². The molecule has 0 bridgehead atoms. The number of hydrogen-bond acceptors (Lipinski definition) is 6. The second kappa shape index (κ2) is 8.60. The fourth-order valence-electron chi connectivity index (χ4n) is 4.69. The Morgan fingerprint density at radius 1 is 1.29 bits per heavy atom. The normalized spacial score (nSPS) is 26.6. The van der Waals surface area contributed by atoms with Gasteiger partial charge >= 0.3 is 0 Å². The maximum Gasteiger partial charge on any atom is 0.255 e. The molecule has 158 valence electrons. The van der Waals surface area contributed by atoms with Gasteiger partial charge in [-0.1, -0.05) is 12.1 Å². The van der Waals surface area contributed by atoms with Gasteiger partial charge in [0, 0.05) is 11.8 Å². The van der Waals surface area contributed by atoms with Crippen molar-refractivity contribution in [3.05, 3.63) is 41.5 Å². The van der Waals surface area contributed by atoms with Crippen LogP contribution in [0.4, 0.5) is 0 Å². The zero-order valence-corrected chi connectivity index (χ0v) is 17.6. The highest BCUT2D eigenvalue weighted by Gasteiger charge is 2.58.